The first-order valence-corrected chi connectivity index (χ1v) is 9.75. The molecule has 1 aromatic heterocycles. The van der Waals surface area contributed by atoms with Crippen molar-refractivity contribution in [3.8, 4) is 10.4 Å². The van der Waals surface area contributed by atoms with Crippen molar-refractivity contribution in [1.82, 2.24) is 0 Å². The van der Waals surface area contributed by atoms with E-state index < -0.39 is 37.4 Å². The summed E-state index contributed by atoms with van der Waals surface area (Å²) in [7, 11) is -8.07. The van der Waals surface area contributed by atoms with E-state index in [2.05, 4.69) is 0 Å². The normalized spacial score (nSPS) is 13.2. The monoisotopic (exact) mass is 446 g/mol. The molecule has 0 radical (unpaired) electrons. The van der Waals surface area contributed by atoms with E-state index in [1.165, 1.54) is 30.3 Å². The number of hydrogen-bond acceptors (Lipinski definition) is 3. The second kappa shape index (κ2) is 7.68. The van der Waals surface area contributed by atoms with Crippen LogP contribution < -0.4 is 0 Å². The number of thiophene rings is 1. The Labute approximate surface area is 156 Å². The number of rotatable bonds is 1. The Morgan fingerprint density at radius 3 is 1.82 bits per heavy atom. The van der Waals surface area contributed by atoms with E-state index in [-0.39, 0.29) is 9.58 Å². The quantitative estimate of drug-likeness (QED) is 0.202. The number of fused-ring (bicyclic) bond motifs is 1. The Balaban J connectivity index is 0.000000300. The summed E-state index contributed by atoms with van der Waals surface area (Å²) in [6.45, 7) is 0. The first-order valence-electron chi connectivity index (χ1n) is 7.12. The van der Waals surface area contributed by atoms with Gasteiger partial charge in [0.05, 0.1) is 0 Å². The highest BCUT2D eigenvalue weighted by Crippen LogP contribution is 2.54. The minimum absolute atomic E-state index is 0.193. The van der Waals surface area contributed by atoms with Crippen molar-refractivity contribution in [2.24, 2.45) is 0 Å². The molecule has 12 heteroatoms. The van der Waals surface area contributed by atoms with Gasteiger partial charge in [-0.25, -0.2) is 12.8 Å². The summed E-state index contributed by atoms with van der Waals surface area (Å²) in [4.78, 5) is 0.193. The van der Waals surface area contributed by atoms with Gasteiger partial charge in [0.2, 0.25) is 0 Å². The molecule has 28 heavy (non-hydrogen) atoms. The first-order chi connectivity index (χ1) is 12.7. The van der Waals surface area contributed by atoms with Gasteiger partial charge in [0.25, 0.3) is 0 Å². The van der Waals surface area contributed by atoms with E-state index in [9.17, 15) is 30.7 Å². The Bertz CT molecular complexity index is 1070. The van der Waals surface area contributed by atoms with Crippen molar-refractivity contribution < 1.29 is 43.7 Å². The Hall–Kier alpha value is -2.18. The van der Waals surface area contributed by atoms with Gasteiger partial charge in [-0.2, -0.15) is 13.2 Å². The van der Waals surface area contributed by atoms with E-state index in [0.717, 1.165) is 0 Å². The number of benzene rings is 2. The van der Waals surface area contributed by atoms with Crippen LogP contribution in [0.15, 0.2) is 54.6 Å². The van der Waals surface area contributed by atoms with Crippen LogP contribution in [0.25, 0.3) is 20.5 Å². The third-order valence-electron chi connectivity index (χ3n) is 3.29. The summed E-state index contributed by atoms with van der Waals surface area (Å²) in [6.07, 6.45) is 0. The average Bonchev–Trinajstić information content (AvgIpc) is 2.93. The van der Waals surface area contributed by atoms with Gasteiger partial charge in [0.1, 0.15) is 16.3 Å². The molecule has 0 bridgehead atoms. The lowest BCUT2D eigenvalue weighted by atomic mass is 10.1. The van der Waals surface area contributed by atoms with Crippen LogP contribution in [-0.2, 0) is 15.6 Å². The molecule has 0 saturated carbocycles. The Morgan fingerprint density at radius 2 is 1.36 bits per heavy atom. The maximum atomic E-state index is 13.4. The molecule has 0 aliphatic carbocycles. The van der Waals surface area contributed by atoms with Crippen molar-refractivity contribution >= 4 is 30.7 Å². The van der Waals surface area contributed by atoms with Crippen LogP contribution in [0.4, 0.5) is 30.7 Å². The van der Waals surface area contributed by atoms with E-state index in [1.54, 1.807) is 24.3 Å². The minimum atomic E-state index is -6.09. The van der Waals surface area contributed by atoms with Crippen LogP contribution >= 0.6 is 10.5 Å². The zero-order valence-corrected chi connectivity index (χ0v) is 15.0. The average molecular weight is 446 g/mol. The minimum Gasteiger partial charge on any atom is -0.741 e. The zero-order valence-electron chi connectivity index (χ0n) is 13.4. The van der Waals surface area contributed by atoms with E-state index in [0.29, 0.717) is 10.9 Å². The summed E-state index contributed by atoms with van der Waals surface area (Å²) in [5.74, 6) is -0.461. The van der Waals surface area contributed by atoms with Crippen LogP contribution in [0.3, 0.4) is 0 Å². The van der Waals surface area contributed by atoms with Crippen molar-refractivity contribution in [2.45, 2.75) is 11.0 Å². The fraction of sp³-hybridized carbons (Fsp3) is 0.125. The highest BCUT2D eigenvalue weighted by Gasteiger charge is 2.48. The molecule has 3 aromatic rings. The highest BCUT2D eigenvalue weighted by atomic mass is 32.2. The molecule has 3 nitrogen and oxygen atoms in total. The molecule has 152 valence electrons. The predicted molar refractivity (Wildman–Crippen MR) is 88.9 cm³/mol. The van der Waals surface area contributed by atoms with Gasteiger partial charge in [-0.3, -0.25) is 0 Å². The molecule has 0 amide bonds. The second-order valence-electron chi connectivity index (χ2n) is 5.21. The van der Waals surface area contributed by atoms with Gasteiger partial charge < -0.3 is 4.55 Å². The van der Waals surface area contributed by atoms with Gasteiger partial charge in [-0.05, 0) is 36.4 Å². The molecular formula is C16H9F7O3S2. The molecule has 1 heterocycles. The van der Waals surface area contributed by atoms with Gasteiger partial charge in [-0.1, -0.05) is 12.1 Å². The highest BCUT2D eigenvalue weighted by molar-refractivity contribution is 7.86. The van der Waals surface area contributed by atoms with Crippen LogP contribution in [0.1, 0.15) is 0 Å². The SMILES string of the molecule is Fc1ccc(-c2cc3ccccc3[s+]2C(F)(F)F)cc1.O=S(=O)([O-])C(F)(F)F. The van der Waals surface area contributed by atoms with E-state index in [1.807, 2.05) is 0 Å². The van der Waals surface area contributed by atoms with Crippen molar-refractivity contribution in [2.75, 3.05) is 0 Å². The third-order valence-corrected chi connectivity index (χ3v) is 5.92. The molecular weight excluding hydrogens is 437 g/mol. The molecule has 0 saturated heterocycles. The third kappa shape index (κ3) is 5.00. The lowest BCUT2D eigenvalue weighted by Crippen LogP contribution is -2.21. The maximum absolute atomic E-state index is 13.4. The van der Waals surface area contributed by atoms with Gasteiger partial charge in [0.15, 0.2) is 19.7 Å². The van der Waals surface area contributed by atoms with Crippen LogP contribution in [0, 0.1) is 5.82 Å². The smallest absolute Gasteiger partial charge is 0.601 e. The molecule has 1 unspecified atom stereocenters. The summed E-state index contributed by atoms with van der Waals surface area (Å²) in [5.41, 5.74) is -9.58. The van der Waals surface area contributed by atoms with E-state index >= 15 is 0 Å². The largest absolute Gasteiger partial charge is 0.741 e. The fourth-order valence-corrected chi connectivity index (χ4v) is 4.10. The van der Waals surface area contributed by atoms with Crippen LogP contribution in [0.2, 0.25) is 0 Å². The summed E-state index contributed by atoms with van der Waals surface area (Å²) < 4.78 is 112. The molecule has 2 aromatic carbocycles. The van der Waals surface area contributed by atoms with Gasteiger partial charge in [0, 0.05) is 17.0 Å². The summed E-state index contributed by atoms with van der Waals surface area (Å²) in [6, 6.07) is 13.1. The van der Waals surface area contributed by atoms with Gasteiger partial charge >= 0.3 is 11.0 Å². The Morgan fingerprint density at radius 1 is 0.857 bits per heavy atom. The van der Waals surface area contributed by atoms with Crippen LogP contribution in [0.5, 0.6) is 0 Å². The first kappa shape index (κ1) is 22.1. The standard InChI is InChI=1S/C15H9F4S.CHF3O3S/c16-12-7-5-10(6-8-12)14-9-11-3-1-2-4-13(11)20(14)15(17,18)19;2-1(3,4)8(5,6)7/h1-9H;(H,5,6,7)/q+1;/p-1. The summed E-state index contributed by atoms with van der Waals surface area (Å²) in [5, 5.41) is 0.576. The second-order valence-corrected chi connectivity index (χ2v) is 8.53. The number of hydrogen-bond donors (Lipinski definition) is 0. The molecule has 3 rings (SSSR count). The lowest BCUT2D eigenvalue weighted by molar-refractivity contribution is -0.0864. The summed E-state index contributed by atoms with van der Waals surface area (Å²) >= 11 is 0. The molecule has 0 aliphatic heterocycles. The van der Waals surface area contributed by atoms with Crippen molar-refractivity contribution in [3.63, 3.8) is 0 Å². The maximum Gasteiger partial charge on any atom is 0.601 e. The van der Waals surface area contributed by atoms with Gasteiger partial charge in [-0.15, -0.1) is 13.2 Å². The molecule has 0 aliphatic rings. The molecule has 0 N–H and O–H groups in total. The fourth-order valence-electron chi connectivity index (χ4n) is 2.17. The lowest BCUT2D eigenvalue weighted by Gasteiger charge is -2.08. The Kier molecular flexibility index (Phi) is 6.07. The predicted octanol–water partition coefficient (Wildman–Crippen LogP) is 5.92. The zero-order chi connectivity index (χ0) is 21.3. The molecule has 0 fully saturated rings. The number of halogens is 7. The van der Waals surface area contributed by atoms with Crippen molar-refractivity contribution in [1.29, 1.82) is 0 Å². The number of alkyl halides is 6. The van der Waals surface area contributed by atoms with E-state index in [4.69, 9.17) is 13.0 Å². The molecule has 1 atom stereocenters. The van der Waals surface area contributed by atoms with Crippen LogP contribution in [-0.4, -0.2) is 18.5 Å². The van der Waals surface area contributed by atoms with Crippen molar-refractivity contribution in [3.05, 3.63) is 60.4 Å². The topological polar surface area (TPSA) is 57.2 Å². The molecule has 0 spiro atoms.